The molecule has 0 bridgehead atoms. The Morgan fingerprint density at radius 1 is 1.30 bits per heavy atom. The molecule has 1 aromatic carbocycles. The number of likely N-dealkylation sites (tertiary alicyclic amines) is 1. The Morgan fingerprint density at radius 3 is 2.85 bits per heavy atom. The number of amides is 2. The number of benzene rings is 1. The lowest BCUT2D eigenvalue weighted by molar-refractivity contribution is 0.0922. The SMILES string of the molecule is CN1CCCC[C@@H](NC(=O)c2[nH]nc(NC(=O)c3ccccc3Cl)c2Br)C1. The number of likely N-dealkylation sites (N-methyl/N-ethyl adjacent to an activating group) is 1. The van der Waals surface area contributed by atoms with Crippen LogP contribution in [0.15, 0.2) is 28.7 Å². The van der Waals surface area contributed by atoms with Gasteiger partial charge in [0.2, 0.25) is 0 Å². The summed E-state index contributed by atoms with van der Waals surface area (Å²) in [6.07, 6.45) is 3.16. The molecule has 3 N–H and O–H groups in total. The van der Waals surface area contributed by atoms with Gasteiger partial charge in [0.15, 0.2) is 5.82 Å². The minimum atomic E-state index is -0.398. The fourth-order valence-corrected chi connectivity index (χ4v) is 3.77. The van der Waals surface area contributed by atoms with Gasteiger partial charge in [-0.15, -0.1) is 0 Å². The second-order valence-corrected chi connectivity index (χ2v) is 7.82. The number of carbonyl (C=O) groups is 2. The summed E-state index contributed by atoms with van der Waals surface area (Å²) < 4.78 is 0.405. The zero-order valence-electron chi connectivity index (χ0n) is 14.9. The number of hydrogen-bond acceptors (Lipinski definition) is 4. The van der Waals surface area contributed by atoms with Gasteiger partial charge < -0.3 is 15.5 Å². The number of anilines is 1. The van der Waals surface area contributed by atoms with Crippen LogP contribution in [0.5, 0.6) is 0 Å². The van der Waals surface area contributed by atoms with Gasteiger partial charge in [0.25, 0.3) is 11.8 Å². The van der Waals surface area contributed by atoms with Crippen LogP contribution in [-0.2, 0) is 0 Å². The highest BCUT2D eigenvalue weighted by molar-refractivity contribution is 9.10. The van der Waals surface area contributed by atoms with Gasteiger partial charge in [0, 0.05) is 12.6 Å². The standard InChI is InChI=1S/C18H21BrClN5O2/c1-25-9-5-4-6-11(10-25)21-18(27)15-14(19)16(24-23-15)22-17(26)12-7-2-3-8-13(12)20/h2-3,7-8,11H,4-6,9-10H2,1H3,(H,21,27)(H2,22,23,24,26)/t11-/m1/s1. The van der Waals surface area contributed by atoms with E-state index in [4.69, 9.17) is 11.6 Å². The highest BCUT2D eigenvalue weighted by Gasteiger charge is 2.23. The van der Waals surface area contributed by atoms with Crippen molar-refractivity contribution in [2.45, 2.75) is 25.3 Å². The average Bonchev–Trinajstić information content (AvgIpc) is 2.86. The third-order valence-electron chi connectivity index (χ3n) is 4.49. The normalized spacial score (nSPS) is 18.0. The fraction of sp³-hybridized carbons (Fsp3) is 0.389. The Labute approximate surface area is 171 Å². The maximum atomic E-state index is 12.6. The van der Waals surface area contributed by atoms with Gasteiger partial charge >= 0.3 is 0 Å². The van der Waals surface area contributed by atoms with Crippen LogP contribution in [0.1, 0.15) is 40.1 Å². The first-order chi connectivity index (χ1) is 13.0. The molecule has 27 heavy (non-hydrogen) atoms. The molecular formula is C18H21BrClN5O2. The minimum absolute atomic E-state index is 0.0846. The molecular weight excluding hydrogens is 434 g/mol. The molecule has 1 saturated heterocycles. The van der Waals surface area contributed by atoms with Gasteiger partial charge in [0.05, 0.1) is 15.1 Å². The molecule has 0 unspecified atom stereocenters. The summed E-state index contributed by atoms with van der Waals surface area (Å²) in [5.74, 6) is -0.416. The van der Waals surface area contributed by atoms with Crippen LogP contribution in [0.25, 0.3) is 0 Å². The number of aromatic amines is 1. The topological polar surface area (TPSA) is 90.1 Å². The molecule has 1 aliphatic rings. The lowest BCUT2D eigenvalue weighted by atomic mass is 10.1. The zero-order valence-corrected chi connectivity index (χ0v) is 17.2. The summed E-state index contributed by atoms with van der Waals surface area (Å²) in [6, 6.07) is 6.81. The van der Waals surface area contributed by atoms with Crippen molar-refractivity contribution in [1.29, 1.82) is 0 Å². The van der Waals surface area contributed by atoms with Crippen molar-refractivity contribution in [3.05, 3.63) is 45.0 Å². The van der Waals surface area contributed by atoms with Crippen LogP contribution in [0.2, 0.25) is 5.02 Å². The minimum Gasteiger partial charge on any atom is -0.347 e. The van der Waals surface area contributed by atoms with Crippen molar-refractivity contribution >= 4 is 45.2 Å². The van der Waals surface area contributed by atoms with Crippen molar-refractivity contribution in [2.75, 3.05) is 25.5 Å². The predicted octanol–water partition coefficient (Wildman–Crippen LogP) is 3.29. The molecule has 7 nitrogen and oxygen atoms in total. The first kappa shape index (κ1) is 19.9. The van der Waals surface area contributed by atoms with E-state index in [1.165, 1.54) is 0 Å². The van der Waals surface area contributed by atoms with E-state index in [2.05, 4.69) is 48.7 Å². The smallest absolute Gasteiger partial charge is 0.270 e. The first-order valence-electron chi connectivity index (χ1n) is 8.75. The molecule has 9 heteroatoms. The van der Waals surface area contributed by atoms with Crippen molar-refractivity contribution in [1.82, 2.24) is 20.4 Å². The number of nitrogens with zero attached hydrogens (tertiary/aromatic N) is 2. The van der Waals surface area contributed by atoms with Gasteiger partial charge in [-0.05, 0) is 54.5 Å². The predicted molar refractivity (Wildman–Crippen MR) is 108 cm³/mol. The van der Waals surface area contributed by atoms with E-state index < -0.39 is 5.91 Å². The molecule has 1 aliphatic heterocycles. The van der Waals surface area contributed by atoms with E-state index in [9.17, 15) is 9.59 Å². The maximum Gasteiger partial charge on any atom is 0.270 e. The molecule has 2 aromatic rings. The number of nitrogens with one attached hydrogen (secondary N) is 3. The summed E-state index contributed by atoms with van der Waals surface area (Å²) in [4.78, 5) is 27.2. The zero-order chi connectivity index (χ0) is 19.4. The van der Waals surface area contributed by atoms with E-state index in [1.807, 2.05) is 0 Å². The van der Waals surface area contributed by atoms with Gasteiger partial charge in [-0.1, -0.05) is 30.2 Å². The summed E-state index contributed by atoms with van der Waals surface area (Å²) in [5.41, 5.74) is 0.609. The van der Waals surface area contributed by atoms with Crippen molar-refractivity contribution in [3.8, 4) is 0 Å². The highest BCUT2D eigenvalue weighted by atomic mass is 79.9. The first-order valence-corrected chi connectivity index (χ1v) is 9.92. The van der Waals surface area contributed by atoms with Crippen LogP contribution < -0.4 is 10.6 Å². The second kappa shape index (κ2) is 8.86. The van der Waals surface area contributed by atoms with Gasteiger partial charge in [-0.3, -0.25) is 14.7 Å². The van der Waals surface area contributed by atoms with Gasteiger partial charge in [-0.2, -0.15) is 5.10 Å². The molecule has 1 atom stereocenters. The highest BCUT2D eigenvalue weighted by Crippen LogP contribution is 2.25. The van der Waals surface area contributed by atoms with Crippen LogP contribution in [0, 0.1) is 0 Å². The molecule has 1 aromatic heterocycles. The second-order valence-electron chi connectivity index (χ2n) is 6.62. The number of carbonyl (C=O) groups excluding carboxylic acids is 2. The number of hydrogen-bond donors (Lipinski definition) is 3. The quantitative estimate of drug-likeness (QED) is 0.661. The maximum absolute atomic E-state index is 12.6. The van der Waals surface area contributed by atoms with Crippen LogP contribution in [0.3, 0.4) is 0 Å². The van der Waals surface area contributed by atoms with Crippen LogP contribution >= 0.6 is 27.5 Å². The molecule has 1 fully saturated rings. The van der Waals surface area contributed by atoms with E-state index in [0.717, 1.165) is 32.4 Å². The Hall–Kier alpha value is -1.90. The van der Waals surface area contributed by atoms with Crippen molar-refractivity contribution in [3.63, 3.8) is 0 Å². The van der Waals surface area contributed by atoms with Crippen molar-refractivity contribution in [2.24, 2.45) is 0 Å². The summed E-state index contributed by atoms with van der Waals surface area (Å²) in [6.45, 7) is 1.85. The lowest BCUT2D eigenvalue weighted by Crippen LogP contribution is -2.41. The van der Waals surface area contributed by atoms with E-state index in [1.54, 1.807) is 24.3 Å². The Bertz CT molecular complexity index is 841. The molecule has 144 valence electrons. The van der Waals surface area contributed by atoms with E-state index in [0.29, 0.717) is 15.1 Å². The van der Waals surface area contributed by atoms with E-state index >= 15 is 0 Å². The number of halogens is 2. The molecule has 0 spiro atoms. The summed E-state index contributed by atoms with van der Waals surface area (Å²) in [7, 11) is 2.05. The molecule has 2 amide bonds. The van der Waals surface area contributed by atoms with Crippen molar-refractivity contribution < 1.29 is 9.59 Å². The number of rotatable bonds is 4. The molecule has 0 aliphatic carbocycles. The Morgan fingerprint density at radius 2 is 2.07 bits per heavy atom. The average molecular weight is 455 g/mol. The summed E-state index contributed by atoms with van der Waals surface area (Å²) >= 11 is 9.40. The Balaban J connectivity index is 1.68. The van der Waals surface area contributed by atoms with Crippen LogP contribution in [0.4, 0.5) is 5.82 Å². The Kier molecular flexibility index (Phi) is 6.51. The summed E-state index contributed by atoms with van der Waals surface area (Å²) in [5, 5.41) is 12.8. The fourth-order valence-electron chi connectivity index (χ4n) is 3.09. The molecule has 0 radical (unpaired) electrons. The molecule has 3 rings (SSSR count). The molecule has 0 saturated carbocycles. The largest absolute Gasteiger partial charge is 0.347 e. The van der Waals surface area contributed by atoms with E-state index in [-0.39, 0.29) is 23.5 Å². The third kappa shape index (κ3) is 4.88. The van der Waals surface area contributed by atoms with Gasteiger partial charge in [-0.25, -0.2) is 0 Å². The van der Waals surface area contributed by atoms with Gasteiger partial charge in [0.1, 0.15) is 5.69 Å². The lowest BCUT2D eigenvalue weighted by Gasteiger charge is -2.20. The monoisotopic (exact) mass is 453 g/mol. The third-order valence-corrected chi connectivity index (χ3v) is 5.60. The molecule has 2 heterocycles. The number of aromatic nitrogens is 2. The van der Waals surface area contributed by atoms with Crippen LogP contribution in [-0.4, -0.2) is 53.1 Å². The number of H-pyrrole nitrogens is 1.